The van der Waals surface area contributed by atoms with Crippen LogP contribution >= 0.6 is 0 Å². The number of rotatable bonds is 6. The van der Waals surface area contributed by atoms with Crippen molar-refractivity contribution in [1.82, 2.24) is 10.2 Å². The topological polar surface area (TPSA) is 82.8 Å². The van der Waals surface area contributed by atoms with Crippen molar-refractivity contribution in [3.05, 3.63) is 23.7 Å². The van der Waals surface area contributed by atoms with Crippen molar-refractivity contribution in [2.24, 2.45) is 0 Å². The Hall–Kier alpha value is -1.98. The third kappa shape index (κ3) is 4.65. The first-order chi connectivity index (χ1) is 8.93. The number of furan rings is 1. The zero-order chi connectivity index (χ0) is 14.4. The smallest absolute Gasteiger partial charge is 0.323 e. The molecule has 1 rings (SSSR count). The number of aliphatic carboxylic acids is 1. The number of carbonyl (C=O) groups is 2. The quantitative estimate of drug-likeness (QED) is 0.828. The number of hydrogen-bond acceptors (Lipinski definition) is 3. The number of urea groups is 1. The van der Waals surface area contributed by atoms with E-state index in [2.05, 4.69) is 5.32 Å². The highest BCUT2D eigenvalue weighted by Crippen LogP contribution is 2.15. The summed E-state index contributed by atoms with van der Waals surface area (Å²) in [5.74, 6) is 0.398. The van der Waals surface area contributed by atoms with E-state index in [-0.39, 0.29) is 12.6 Å². The molecule has 2 N–H and O–H groups in total. The molecule has 0 aromatic carbocycles. The summed E-state index contributed by atoms with van der Waals surface area (Å²) < 4.78 is 5.42. The highest BCUT2D eigenvalue weighted by molar-refractivity contribution is 5.80. The molecule has 19 heavy (non-hydrogen) atoms. The Morgan fingerprint density at radius 1 is 1.47 bits per heavy atom. The Morgan fingerprint density at radius 2 is 2.16 bits per heavy atom. The molecule has 0 aliphatic rings. The van der Waals surface area contributed by atoms with Gasteiger partial charge >= 0.3 is 12.0 Å². The molecule has 0 aliphatic carbocycles. The molecule has 0 aliphatic heterocycles. The fraction of sp³-hybridized carbons (Fsp3) is 0.538. The molecule has 1 atom stereocenters. The third-order valence-electron chi connectivity index (χ3n) is 2.63. The van der Waals surface area contributed by atoms with Crippen LogP contribution in [0.25, 0.3) is 0 Å². The van der Waals surface area contributed by atoms with Crippen molar-refractivity contribution >= 4 is 12.0 Å². The molecule has 2 amide bonds. The van der Waals surface area contributed by atoms with Gasteiger partial charge in [0.1, 0.15) is 18.1 Å². The average Bonchev–Trinajstić information content (AvgIpc) is 2.74. The lowest BCUT2D eigenvalue weighted by atomic mass is 10.2. The van der Waals surface area contributed by atoms with Crippen LogP contribution in [0.2, 0.25) is 0 Å². The molecular weight excluding hydrogens is 248 g/mol. The monoisotopic (exact) mass is 268 g/mol. The summed E-state index contributed by atoms with van der Waals surface area (Å²) in [4.78, 5) is 23.9. The number of nitrogens with zero attached hydrogens (tertiary/aromatic N) is 1. The van der Waals surface area contributed by atoms with Crippen molar-refractivity contribution in [3.8, 4) is 0 Å². The lowest BCUT2D eigenvalue weighted by molar-refractivity contribution is -0.137. The minimum atomic E-state index is -1.02. The fourth-order valence-corrected chi connectivity index (χ4v) is 1.72. The molecule has 6 nitrogen and oxygen atoms in total. The summed E-state index contributed by atoms with van der Waals surface area (Å²) in [5, 5.41) is 11.5. The largest absolute Gasteiger partial charge is 0.480 e. The Bertz CT molecular complexity index is 442. The summed E-state index contributed by atoms with van der Waals surface area (Å²) in [7, 11) is 0. The first kappa shape index (κ1) is 15.1. The fourth-order valence-electron chi connectivity index (χ4n) is 1.72. The van der Waals surface area contributed by atoms with E-state index in [9.17, 15) is 9.59 Å². The van der Waals surface area contributed by atoms with Crippen LogP contribution in [-0.2, 0) is 4.79 Å². The second-order valence-corrected chi connectivity index (χ2v) is 4.43. The Labute approximate surface area is 112 Å². The van der Waals surface area contributed by atoms with Gasteiger partial charge in [-0.15, -0.1) is 0 Å². The van der Waals surface area contributed by atoms with Gasteiger partial charge < -0.3 is 19.7 Å². The Balaban J connectivity index is 2.62. The highest BCUT2D eigenvalue weighted by Gasteiger charge is 2.19. The van der Waals surface area contributed by atoms with Crippen molar-refractivity contribution in [2.45, 2.75) is 33.2 Å². The van der Waals surface area contributed by atoms with Crippen LogP contribution in [0.3, 0.4) is 0 Å². The summed E-state index contributed by atoms with van der Waals surface area (Å²) >= 11 is 0. The van der Waals surface area contributed by atoms with Gasteiger partial charge in [0.15, 0.2) is 0 Å². The molecule has 0 fully saturated rings. The van der Waals surface area contributed by atoms with E-state index in [1.54, 1.807) is 13.0 Å². The van der Waals surface area contributed by atoms with Crippen LogP contribution in [0.5, 0.6) is 0 Å². The minimum Gasteiger partial charge on any atom is -0.480 e. The molecule has 0 saturated carbocycles. The summed E-state index contributed by atoms with van der Waals surface area (Å²) in [6, 6.07) is 2.92. The normalized spacial score (nSPS) is 11.9. The molecule has 6 heteroatoms. The van der Waals surface area contributed by atoms with Crippen LogP contribution in [0.15, 0.2) is 16.5 Å². The number of aryl methyl sites for hydroxylation is 1. The van der Waals surface area contributed by atoms with E-state index in [0.29, 0.717) is 18.7 Å². The SMILES string of the molecule is CCCN(CC(=O)O)C(=O)NC(C)c1ccc(C)o1. The molecule has 106 valence electrons. The molecule has 0 spiro atoms. The number of hydrogen-bond donors (Lipinski definition) is 2. The van der Waals surface area contributed by atoms with E-state index in [1.807, 2.05) is 19.9 Å². The van der Waals surface area contributed by atoms with E-state index in [4.69, 9.17) is 9.52 Å². The lowest BCUT2D eigenvalue weighted by Crippen LogP contribution is -2.43. The maximum Gasteiger partial charge on any atom is 0.323 e. The van der Waals surface area contributed by atoms with E-state index in [0.717, 1.165) is 5.76 Å². The van der Waals surface area contributed by atoms with E-state index >= 15 is 0 Å². The number of carboxylic acid groups (broad SMARTS) is 1. The molecule has 0 bridgehead atoms. The zero-order valence-electron chi connectivity index (χ0n) is 11.5. The van der Waals surface area contributed by atoms with Crippen molar-refractivity contribution < 1.29 is 19.1 Å². The average molecular weight is 268 g/mol. The second kappa shape index (κ2) is 6.82. The van der Waals surface area contributed by atoms with Crippen LogP contribution in [-0.4, -0.2) is 35.1 Å². The maximum atomic E-state index is 12.0. The van der Waals surface area contributed by atoms with Gasteiger partial charge in [0.25, 0.3) is 0 Å². The third-order valence-corrected chi connectivity index (χ3v) is 2.63. The number of carbonyl (C=O) groups excluding carboxylic acids is 1. The van der Waals surface area contributed by atoms with Gasteiger partial charge in [-0.2, -0.15) is 0 Å². The molecule has 1 aromatic heterocycles. The molecule has 0 saturated heterocycles. The number of nitrogens with one attached hydrogen (secondary N) is 1. The molecule has 1 heterocycles. The predicted octanol–water partition coefficient (Wildman–Crippen LogP) is 2.16. The minimum absolute atomic E-state index is 0.297. The summed E-state index contributed by atoms with van der Waals surface area (Å²) in [6.45, 7) is 5.61. The van der Waals surface area contributed by atoms with Gasteiger partial charge in [-0.1, -0.05) is 6.92 Å². The Kier molecular flexibility index (Phi) is 5.41. The van der Waals surface area contributed by atoms with Crippen LogP contribution in [0, 0.1) is 6.92 Å². The molecule has 1 unspecified atom stereocenters. The first-order valence-electron chi connectivity index (χ1n) is 6.27. The van der Waals surface area contributed by atoms with Crippen molar-refractivity contribution in [1.29, 1.82) is 0 Å². The van der Waals surface area contributed by atoms with Crippen molar-refractivity contribution in [2.75, 3.05) is 13.1 Å². The molecular formula is C13H20N2O4. The molecule has 1 aromatic rings. The van der Waals surface area contributed by atoms with Crippen LogP contribution < -0.4 is 5.32 Å². The van der Waals surface area contributed by atoms with Gasteiger partial charge in [-0.25, -0.2) is 4.79 Å². The molecule has 0 radical (unpaired) electrons. The number of amides is 2. The number of carboxylic acids is 1. The van der Waals surface area contributed by atoms with Crippen LogP contribution in [0.4, 0.5) is 4.79 Å². The zero-order valence-corrected chi connectivity index (χ0v) is 11.5. The summed E-state index contributed by atoms with van der Waals surface area (Å²) in [5.41, 5.74) is 0. The highest BCUT2D eigenvalue weighted by atomic mass is 16.4. The second-order valence-electron chi connectivity index (χ2n) is 4.43. The maximum absolute atomic E-state index is 12.0. The predicted molar refractivity (Wildman–Crippen MR) is 69.9 cm³/mol. The van der Waals surface area contributed by atoms with Gasteiger partial charge in [0, 0.05) is 6.54 Å². The van der Waals surface area contributed by atoms with Gasteiger partial charge in [-0.3, -0.25) is 4.79 Å². The van der Waals surface area contributed by atoms with Gasteiger partial charge in [0.05, 0.1) is 6.04 Å². The van der Waals surface area contributed by atoms with E-state index in [1.165, 1.54) is 4.90 Å². The summed E-state index contributed by atoms with van der Waals surface area (Å²) in [6.07, 6.45) is 0.703. The standard InChI is InChI=1S/C13H20N2O4/c1-4-7-15(8-12(16)17)13(18)14-10(3)11-6-5-9(2)19-11/h5-6,10H,4,7-8H2,1-3H3,(H,14,18)(H,16,17). The van der Waals surface area contributed by atoms with Crippen molar-refractivity contribution in [3.63, 3.8) is 0 Å². The van der Waals surface area contributed by atoms with Crippen LogP contribution in [0.1, 0.15) is 37.8 Å². The first-order valence-corrected chi connectivity index (χ1v) is 6.27. The Morgan fingerprint density at radius 3 is 2.63 bits per heavy atom. The van der Waals surface area contributed by atoms with E-state index < -0.39 is 12.0 Å². The lowest BCUT2D eigenvalue weighted by Gasteiger charge is -2.22. The van der Waals surface area contributed by atoms with Gasteiger partial charge in [0.2, 0.25) is 0 Å². The van der Waals surface area contributed by atoms with Gasteiger partial charge in [-0.05, 0) is 32.4 Å².